The highest BCUT2D eigenvalue weighted by molar-refractivity contribution is 5.99. The second-order valence-electron chi connectivity index (χ2n) is 7.60. The van der Waals surface area contributed by atoms with Crippen LogP contribution in [-0.4, -0.2) is 39.8 Å². The SMILES string of the molecule is CN1CCC(CCn2cc(CNc3cccc4c(N)nccc34)cn2)CC1. The van der Waals surface area contributed by atoms with Gasteiger partial charge < -0.3 is 16.0 Å². The van der Waals surface area contributed by atoms with Gasteiger partial charge in [-0.15, -0.1) is 0 Å². The normalized spacial score (nSPS) is 16.0. The highest BCUT2D eigenvalue weighted by atomic mass is 15.3. The minimum atomic E-state index is 0.567. The lowest BCUT2D eigenvalue weighted by atomic mass is 9.94. The third-order valence-electron chi connectivity index (χ3n) is 5.61. The fraction of sp³-hybridized carbons (Fsp3) is 0.429. The van der Waals surface area contributed by atoms with Crippen LogP contribution in [0, 0.1) is 5.92 Å². The Morgan fingerprint density at radius 3 is 2.89 bits per heavy atom. The summed E-state index contributed by atoms with van der Waals surface area (Å²) in [6.07, 6.45) is 9.71. The van der Waals surface area contributed by atoms with E-state index in [2.05, 4.69) is 44.3 Å². The Morgan fingerprint density at radius 1 is 1.19 bits per heavy atom. The standard InChI is InChI=1S/C21H28N6/c1-26-10-6-16(7-11-26)8-12-27-15-17(14-25-27)13-24-20-4-2-3-19-18(20)5-9-23-21(19)22/h2-5,9,14-16,24H,6-8,10-13H2,1H3,(H2,22,23). The number of nitrogen functional groups attached to an aromatic ring is 1. The Morgan fingerprint density at radius 2 is 2.04 bits per heavy atom. The number of benzene rings is 1. The summed E-state index contributed by atoms with van der Waals surface area (Å²) in [5, 5.41) is 10.1. The molecular weight excluding hydrogens is 336 g/mol. The van der Waals surface area contributed by atoms with E-state index in [1.807, 2.05) is 24.4 Å². The van der Waals surface area contributed by atoms with Crippen LogP contribution in [0.5, 0.6) is 0 Å². The zero-order valence-electron chi connectivity index (χ0n) is 15.9. The molecule has 0 saturated carbocycles. The largest absolute Gasteiger partial charge is 0.383 e. The molecule has 3 N–H and O–H groups in total. The Labute approximate surface area is 160 Å². The number of nitrogens with one attached hydrogen (secondary N) is 1. The Bertz CT molecular complexity index is 895. The molecule has 0 amide bonds. The monoisotopic (exact) mass is 364 g/mol. The summed E-state index contributed by atoms with van der Waals surface area (Å²) in [7, 11) is 2.21. The highest BCUT2D eigenvalue weighted by Crippen LogP contribution is 2.26. The predicted octanol–water partition coefficient (Wildman–Crippen LogP) is 3.36. The van der Waals surface area contributed by atoms with Crippen molar-refractivity contribution in [3.8, 4) is 0 Å². The molecule has 4 rings (SSSR count). The van der Waals surface area contributed by atoms with Gasteiger partial charge in [-0.05, 0) is 57.5 Å². The van der Waals surface area contributed by atoms with Crippen molar-refractivity contribution in [2.24, 2.45) is 5.92 Å². The quantitative estimate of drug-likeness (QED) is 0.702. The van der Waals surface area contributed by atoms with Gasteiger partial charge in [0.25, 0.3) is 0 Å². The molecule has 3 heterocycles. The van der Waals surface area contributed by atoms with Crippen molar-refractivity contribution in [3.63, 3.8) is 0 Å². The van der Waals surface area contributed by atoms with E-state index in [0.29, 0.717) is 5.82 Å². The second kappa shape index (κ2) is 7.96. The van der Waals surface area contributed by atoms with Crippen LogP contribution in [0.25, 0.3) is 10.8 Å². The molecule has 6 heteroatoms. The lowest BCUT2D eigenvalue weighted by Crippen LogP contribution is -2.30. The summed E-state index contributed by atoms with van der Waals surface area (Å²) in [5.74, 6) is 1.40. The molecule has 1 aliphatic rings. The molecule has 0 radical (unpaired) electrons. The smallest absolute Gasteiger partial charge is 0.131 e. The van der Waals surface area contributed by atoms with Crippen LogP contribution in [0.3, 0.4) is 0 Å². The third kappa shape index (κ3) is 4.22. The van der Waals surface area contributed by atoms with E-state index in [1.54, 1.807) is 6.20 Å². The number of anilines is 2. The first-order valence-electron chi connectivity index (χ1n) is 9.76. The zero-order chi connectivity index (χ0) is 18.6. The van der Waals surface area contributed by atoms with Crippen molar-refractivity contribution in [2.75, 3.05) is 31.2 Å². The number of hydrogen-bond acceptors (Lipinski definition) is 5. The average Bonchev–Trinajstić information content (AvgIpc) is 3.14. The Hall–Kier alpha value is -2.60. The summed E-state index contributed by atoms with van der Waals surface area (Å²) in [4.78, 5) is 6.59. The lowest BCUT2D eigenvalue weighted by Gasteiger charge is -2.28. The molecule has 1 saturated heterocycles. The average molecular weight is 364 g/mol. The minimum Gasteiger partial charge on any atom is -0.383 e. The third-order valence-corrected chi connectivity index (χ3v) is 5.61. The second-order valence-corrected chi connectivity index (χ2v) is 7.60. The van der Waals surface area contributed by atoms with Crippen LogP contribution < -0.4 is 11.1 Å². The number of nitrogens with zero attached hydrogens (tertiary/aromatic N) is 4. The van der Waals surface area contributed by atoms with Gasteiger partial charge in [0.05, 0.1) is 6.20 Å². The van der Waals surface area contributed by atoms with E-state index >= 15 is 0 Å². The summed E-state index contributed by atoms with van der Waals surface area (Å²) >= 11 is 0. The van der Waals surface area contributed by atoms with Gasteiger partial charge in [0.1, 0.15) is 5.82 Å². The molecule has 6 nitrogen and oxygen atoms in total. The molecule has 0 aliphatic carbocycles. The molecule has 1 aliphatic heterocycles. The van der Waals surface area contributed by atoms with Crippen LogP contribution in [0.2, 0.25) is 0 Å². The zero-order valence-corrected chi connectivity index (χ0v) is 15.9. The topological polar surface area (TPSA) is 72.0 Å². The summed E-state index contributed by atoms with van der Waals surface area (Å²) in [5.41, 5.74) is 8.25. The number of piperidine rings is 1. The van der Waals surface area contributed by atoms with Crippen molar-refractivity contribution in [3.05, 3.63) is 48.4 Å². The van der Waals surface area contributed by atoms with Crippen LogP contribution >= 0.6 is 0 Å². The van der Waals surface area contributed by atoms with E-state index in [1.165, 1.54) is 37.9 Å². The maximum absolute atomic E-state index is 5.98. The molecule has 1 fully saturated rings. The van der Waals surface area contributed by atoms with Gasteiger partial charge in [0, 0.05) is 47.5 Å². The molecule has 2 aromatic heterocycles. The number of aromatic nitrogens is 3. The van der Waals surface area contributed by atoms with Crippen molar-refractivity contribution in [1.82, 2.24) is 19.7 Å². The van der Waals surface area contributed by atoms with Crippen LogP contribution in [-0.2, 0) is 13.1 Å². The first-order chi connectivity index (χ1) is 13.2. The van der Waals surface area contributed by atoms with Gasteiger partial charge in [-0.1, -0.05) is 12.1 Å². The van der Waals surface area contributed by atoms with E-state index in [-0.39, 0.29) is 0 Å². The minimum absolute atomic E-state index is 0.567. The molecule has 0 atom stereocenters. The maximum Gasteiger partial charge on any atom is 0.131 e. The number of aryl methyl sites for hydroxylation is 1. The molecule has 142 valence electrons. The number of likely N-dealkylation sites (tertiary alicyclic amines) is 1. The fourth-order valence-electron chi connectivity index (χ4n) is 3.87. The highest BCUT2D eigenvalue weighted by Gasteiger charge is 2.16. The summed E-state index contributed by atoms with van der Waals surface area (Å²) in [6.45, 7) is 4.20. The number of fused-ring (bicyclic) bond motifs is 1. The fourth-order valence-corrected chi connectivity index (χ4v) is 3.87. The number of hydrogen-bond donors (Lipinski definition) is 2. The van der Waals surface area contributed by atoms with Crippen LogP contribution in [0.1, 0.15) is 24.8 Å². The maximum atomic E-state index is 5.98. The van der Waals surface area contributed by atoms with Crippen molar-refractivity contribution >= 4 is 22.3 Å². The van der Waals surface area contributed by atoms with Gasteiger partial charge in [0.2, 0.25) is 0 Å². The van der Waals surface area contributed by atoms with Crippen molar-refractivity contribution in [2.45, 2.75) is 32.4 Å². The number of nitrogens with two attached hydrogens (primary N) is 1. The molecular formula is C21H28N6. The van der Waals surface area contributed by atoms with Gasteiger partial charge in [-0.3, -0.25) is 4.68 Å². The molecule has 0 unspecified atom stereocenters. The Kier molecular flexibility index (Phi) is 5.25. The van der Waals surface area contributed by atoms with Crippen LogP contribution in [0.15, 0.2) is 42.9 Å². The molecule has 0 spiro atoms. The molecule has 27 heavy (non-hydrogen) atoms. The van der Waals surface area contributed by atoms with E-state index in [4.69, 9.17) is 5.73 Å². The van der Waals surface area contributed by atoms with E-state index in [9.17, 15) is 0 Å². The molecule has 1 aromatic carbocycles. The lowest BCUT2D eigenvalue weighted by molar-refractivity contribution is 0.206. The first kappa shape index (κ1) is 17.8. The van der Waals surface area contributed by atoms with Gasteiger partial charge in [-0.2, -0.15) is 5.10 Å². The van der Waals surface area contributed by atoms with Crippen molar-refractivity contribution in [1.29, 1.82) is 0 Å². The number of pyridine rings is 1. The number of rotatable bonds is 6. The molecule has 3 aromatic rings. The van der Waals surface area contributed by atoms with E-state index < -0.39 is 0 Å². The van der Waals surface area contributed by atoms with Gasteiger partial charge in [-0.25, -0.2) is 4.98 Å². The summed E-state index contributed by atoms with van der Waals surface area (Å²) in [6, 6.07) is 8.09. The summed E-state index contributed by atoms with van der Waals surface area (Å²) < 4.78 is 2.08. The molecule has 0 bridgehead atoms. The van der Waals surface area contributed by atoms with Crippen LogP contribution in [0.4, 0.5) is 11.5 Å². The van der Waals surface area contributed by atoms with E-state index in [0.717, 1.165) is 35.5 Å². The Balaban J connectivity index is 1.34. The first-order valence-corrected chi connectivity index (χ1v) is 9.76. The van der Waals surface area contributed by atoms with Gasteiger partial charge in [0.15, 0.2) is 0 Å². The predicted molar refractivity (Wildman–Crippen MR) is 111 cm³/mol. The van der Waals surface area contributed by atoms with Gasteiger partial charge >= 0.3 is 0 Å². The van der Waals surface area contributed by atoms with Crippen molar-refractivity contribution < 1.29 is 0 Å².